The van der Waals surface area contributed by atoms with E-state index in [2.05, 4.69) is 10.2 Å². The molecular formula is C14H22ClN3O2. The Balaban J connectivity index is 2.30. The SMILES string of the molecule is COCCCN(C)CCC(=O)Nc1ccc(Cl)c(N)c1. The van der Waals surface area contributed by atoms with Crippen LogP contribution in [0.25, 0.3) is 0 Å². The maximum Gasteiger partial charge on any atom is 0.225 e. The number of halogens is 1. The molecule has 0 aliphatic carbocycles. The number of nitrogens with two attached hydrogens (primary N) is 1. The number of nitrogen functional groups attached to an aromatic ring is 1. The number of anilines is 2. The van der Waals surface area contributed by atoms with Crippen LogP contribution in [-0.4, -0.2) is 44.7 Å². The van der Waals surface area contributed by atoms with E-state index in [4.69, 9.17) is 22.1 Å². The molecule has 0 aromatic heterocycles. The summed E-state index contributed by atoms with van der Waals surface area (Å²) in [5.41, 5.74) is 6.81. The number of benzene rings is 1. The first-order valence-corrected chi connectivity index (χ1v) is 6.93. The van der Waals surface area contributed by atoms with Gasteiger partial charge in [-0.15, -0.1) is 0 Å². The zero-order valence-electron chi connectivity index (χ0n) is 12.0. The van der Waals surface area contributed by atoms with Crippen LogP contribution in [0.1, 0.15) is 12.8 Å². The van der Waals surface area contributed by atoms with E-state index in [1.807, 2.05) is 7.05 Å². The lowest BCUT2D eigenvalue weighted by Crippen LogP contribution is -2.25. The van der Waals surface area contributed by atoms with E-state index in [-0.39, 0.29) is 5.91 Å². The molecule has 0 heterocycles. The fourth-order valence-corrected chi connectivity index (χ4v) is 1.85. The molecule has 0 aliphatic rings. The van der Waals surface area contributed by atoms with Crippen molar-refractivity contribution in [1.29, 1.82) is 0 Å². The summed E-state index contributed by atoms with van der Waals surface area (Å²) in [6.07, 6.45) is 1.40. The van der Waals surface area contributed by atoms with Crippen LogP contribution in [-0.2, 0) is 9.53 Å². The Bertz CT molecular complexity index is 440. The van der Waals surface area contributed by atoms with Crippen molar-refractivity contribution in [3.8, 4) is 0 Å². The molecule has 1 amide bonds. The van der Waals surface area contributed by atoms with E-state index in [9.17, 15) is 4.79 Å². The van der Waals surface area contributed by atoms with Gasteiger partial charge in [0.25, 0.3) is 0 Å². The Labute approximate surface area is 125 Å². The van der Waals surface area contributed by atoms with Crippen molar-refractivity contribution >= 4 is 28.9 Å². The van der Waals surface area contributed by atoms with Gasteiger partial charge in [-0.2, -0.15) is 0 Å². The summed E-state index contributed by atoms with van der Waals surface area (Å²) in [5, 5.41) is 3.29. The fraction of sp³-hybridized carbons (Fsp3) is 0.500. The van der Waals surface area contributed by atoms with Gasteiger partial charge in [-0.05, 0) is 31.7 Å². The lowest BCUT2D eigenvalue weighted by atomic mass is 10.2. The minimum atomic E-state index is -0.0367. The molecule has 0 unspecified atom stereocenters. The van der Waals surface area contributed by atoms with Gasteiger partial charge in [-0.1, -0.05) is 11.6 Å². The van der Waals surface area contributed by atoms with Crippen LogP contribution in [0.2, 0.25) is 5.02 Å². The van der Waals surface area contributed by atoms with Gasteiger partial charge >= 0.3 is 0 Å². The summed E-state index contributed by atoms with van der Waals surface area (Å²) in [6, 6.07) is 5.06. The average molecular weight is 300 g/mol. The number of carbonyl (C=O) groups is 1. The van der Waals surface area contributed by atoms with Gasteiger partial charge in [0.05, 0.1) is 10.7 Å². The fourth-order valence-electron chi connectivity index (χ4n) is 1.73. The van der Waals surface area contributed by atoms with Gasteiger partial charge in [0.15, 0.2) is 0 Å². The van der Waals surface area contributed by atoms with Crippen molar-refractivity contribution in [1.82, 2.24) is 4.90 Å². The second-order valence-electron chi connectivity index (χ2n) is 4.68. The summed E-state index contributed by atoms with van der Waals surface area (Å²) in [4.78, 5) is 13.9. The number of methoxy groups -OCH3 is 1. The highest BCUT2D eigenvalue weighted by Crippen LogP contribution is 2.22. The highest BCUT2D eigenvalue weighted by Gasteiger charge is 2.06. The molecule has 20 heavy (non-hydrogen) atoms. The molecule has 0 atom stereocenters. The minimum absolute atomic E-state index is 0.0367. The number of ether oxygens (including phenoxy) is 1. The van der Waals surface area contributed by atoms with Crippen LogP contribution in [0.5, 0.6) is 0 Å². The number of amides is 1. The van der Waals surface area contributed by atoms with Crippen LogP contribution in [0.3, 0.4) is 0 Å². The summed E-state index contributed by atoms with van der Waals surface area (Å²) in [6.45, 7) is 2.36. The second kappa shape index (κ2) is 8.79. The van der Waals surface area contributed by atoms with Crippen molar-refractivity contribution in [2.75, 3.05) is 44.9 Å². The monoisotopic (exact) mass is 299 g/mol. The molecule has 1 aromatic rings. The minimum Gasteiger partial charge on any atom is -0.397 e. The lowest BCUT2D eigenvalue weighted by molar-refractivity contribution is -0.116. The zero-order valence-corrected chi connectivity index (χ0v) is 12.7. The Morgan fingerprint density at radius 3 is 2.85 bits per heavy atom. The van der Waals surface area contributed by atoms with Crippen molar-refractivity contribution in [2.24, 2.45) is 0 Å². The number of nitrogens with zero attached hydrogens (tertiary/aromatic N) is 1. The molecule has 3 N–H and O–H groups in total. The van der Waals surface area contributed by atoms with Crippen molar-refractivity contribution < 1.29 is 9.53 Å². The third-order valence-corrected chi connectivity index (χ3v) is 3.23. The molecule has 0 saturated carbocycles. The third kappa shape index (κ3) is 6.23. The molecule has 0 bridgehead atoms. The summed E-state index contributed by atoms with van der Waals surface area (Å²) >= 11 is 5.83. The van der Waals surface area contributed by atoms with Crippen LogP contribution < -0.4 is 11.1 Å². The molecule has 0 spiro atoms. The van der Waals surface area contributed by atoms with Crippen LogP contribution in [0, 0.1) is 0 Å². The smallest absolute Gasteiger partial charge is 0.225 e. The number of hydrogen-bond donors (Lipinski definition) is 2. The maximum atomic E-state index is 11.8. The van der Waals surface area contributed by atoms with Crippen LogP contribution >= 0.6 is 11.6 Å². The third-order valence-electron chi connectivity index (χ3n) is 2.89. The number of rotatable bonds is 8. The quantitative estimate of drug-likeness (QED) is 0.570. The molecule has 5 nitrogen and oxygen atoms in total. The van der Waals surface area contributed by atoms with E-state index >= 15 is 0 Å². The molecule has 0 radical (unpaired) electrons. The normalized spacial score (nSPS) is 10.8. The molecule has 112 valence electrons. The first-order chi connectivity index (χ1) is 9.52. The number of nitrogens with one attached hydrogen (secondary N) is 1. The van der Waals surface area contributed by atoms with Gasteiger partial charge in [0.1, 0.15) is 0 Å². The Hall–Kier alpha value is -1.30. The van der Waals surface area contributed by atoms with Gasteiger partial charge in [0.2, 0.25) is 5.91 Å². The highest BCUT2D eigenvalue weighted by atomic mass is 35.5. The molecule has 0 saturated heterocycles. The van der Waals surface area contributed by atoms with Crippen molar-refractivity contribution in [3.63, 3.8) is 0 Å². The largest absolute Gasteiger partial charge is 0.397 e. The molecule has 0 aliphatic heterocycles. The predicted molar refractivity (Wildman–Crippen MR) is 83.1 cm³/mol. The summed E-state index contributed by atoms with van der Waals surface area (Å²) < 4.78 is 4.99. The lowest BCUT2D eigenvalue weighted by Gasteiger charge is -2.16. The van der Waals surface area contributed by atoms with Gasteiger partial charge in [-0.25, -0.2) is 0 Å². The summed E-state index contributed by atoms with van der Waals surface area (Å²) in [5.74, 6) is -0.0367. The van der Waals surface area contributed by atoms with E-state index in [0.29, 0.717) is 29.4 Å². The first kappa shape index (κ1) is 16.8. The van der Waals surface area contributed by atoms with E-state index in [0.717, 1.165) is 19.6 Å². The van der Waals surface area contributed by atoms with Gasteiger partial charge in [-0.3, -0.25) is 4.79 Å². The Morgan fingerprint density at radius 2 is 2.20 bits per heavy atom. The van der Waals surface area contributed by atoms with Crippen molar-refractivity contribution in [2.45, 2.75) is 12.8 Å². The summed E-state index contributed by atoms with van der Waals surface area (Å²) in [7, 11) is 3.68. The van der Waals surface area contributed by atoms with E-state index in [1.165, 1.54) is 0 Å². The number of hydrogen-bond acceptors (Lipinski definition) is 4. The van der Waals surface area contributed by atoms with Gasteiger partial charge < -0.3 is 20.7 Å². The maximum absolute atomic E-state index is 11.8. The number of carbonyl (C=O) groups excluding carboxylic acids is 1. The molecule has 1 rings (SSSR count). The average Bonchev–Trinajstić information content (AvgIpc) is 2.41. The molecule has 1 aromatic carbocycles. The highest BCUT2D eigenvalue weighted by molar-refractivity contribution is 6.33. The molecular weight excluding hydrogens is 278 g/mol. The zero-order chi connectivity index (χ0) is 15.0. The van der Waals surface area contributed by atoms with Crippen LogP contribution in [0.4, 0.5) is 11.4 Å². The predicted octanol–water partition coefficient (Wildman–Crippen LogP) is 2.22. The second-order valence-corrected chi connectivity index (χ2v) is 5.09. The topological polar surface area (TPSA) is 67.6 Å². The van der Waals surface area contributed by atoms with Crippen LogP contribution in [0.15, 0.2) is 18.2 Å². The molecule has 0 fully saturated rings. The van der Waals surface area contributed by atoms with E-state index in [1.54, 1.807) is 25.3 Å². The van der Waals surface area contributed by atoms with Crippen molar-refractivity contribution in [3.05, 3.63) is 23.2 Å². The standard InChI is InChI=1S/C14H22ClN3O2/c1-18(7-3-9-20-2)8-6-14(19)17-11-4-5-12(15)13(16)10-11/h4-5,10H,3,6-9,16H2,1-2H3,(H,17,19). The van der Waals surface area contributed by atoms with Gasteiger partial charge in [0, 0.05) is 38.9 Å². The van der Waals surface area contributed by atoms with E-state index < -0.39 is 0 Å². The molecule has 6 heteroatoms. The first-order valence-electron chi connectivity index (χ1n) is 6.55. The Morgan fingerprint density at radius 1 is 1.45 bits per heavy atom. The Kier molecular flexibility index (Phi) is 7.36.